The van der Waals surface area contributed by atoms with E-state index in [-0.39, 0.29) is 18.1 Å². The van der Waals surface area contributed by atoms with Crippen molar-refractivity contribution in [3.63, 3.8) is 0 Å². The predicted molar refractivity (Wildman–Crippen MR) is 57.0 cm³/mol. The number of hydrogen-bond donors (Lipinski definition) is 2. The van der Waals surface area contributed by atoms with Gasteiger partial charge in [0.1, 0.15) is 6.61 Å². The van der Waals surface area contributed by atoms with Crippen molar-refractivity contribution in [2.45, 2.75) is 39.2 Å². The number of rotatable bonds is 7. The fourth-order valence-electron chi connectivity index (χ4n) is 0.789. The average molecular weight is 202 g/mol. The van der Waals surface area contributed by atoms with E-state index in [1.165, 1.54) is 0 Å². The molecule has 0 radical (unpaired) electrons. The van der Waals surface area contributed by atoms with Crippen LogP contribution in [-0.4, -0.2) is 31.2 Å². The molecule has 0 aromatic rings. The summed E-state index contributed by atoms with van der Waals surface area (Å²) in [4.78, 5) is 11.2. The second kappa shape index (κ2) is 6.79. The molecule has 0 atom stereocenters. The Bertz CT molecular complexity index is 164. The maximum Gasteiger partial charge on any atom is 0.246 e. The largest absolute Gasteiger partial charge is 0.372 e. The van der Waals surface area contributed by atoms with Gasteiger partial charge in [0.25, 0.3) is 0 Å². The number of ether oxygens (including phenoxy) is 1. The van der Waals surface area contributed by atoms with E-state index in [1.807, 2.05) is 13.8 Å². The molecule has 0 unspecified atom stereocenters. The van der Waals surface area contributed by atoms with Gasteiger partial charge in [-0.05, 0) is 20.3 Å². The van der Waals surface area contributed by atoms with Gasteiger partial charge in [-0.15, -0.1) is 0 Å². The van der Waals surface area contributed by atoms with E-state index < -0.39 is 0 Å². The number of hydrogen-bond acceptors (Lipinski definition) is 3. The molecule has 84 valence electrons. The summed E-state index contributed by atoms with van der Waals surface area (Å²) in [7, 11) is 0. The zero-order valence-electron chi connectivity index (χ0n) is 9.43. The number of amides is 1. The smallest absolute Gasteiger partial charge is 0.246 e. The monoisotopic (exact) mass is 202 g/mol. The Morgan fingerprint density at radius 1 is 1.50 bits per heavy atom. The Kier molecular flexibility index (Phi) is 6.49. The van der Waals surface area contributed by atoms with E-state index >= 15 is 0 Å². The lowest BCUT2D eigenvalue weighted by Crippen LogP contribution is -2.46. The molecule has 14 heavy (non-hydrogen) atoms. The minimum absolute atomic E-state index is 0.0976. The molecule has 0 aliphatic carbocycles. The van der Waals surface area contributed by atoms with Crippen LogP contribution in [-0.2, 0) is 9.53 Å². The van der Waals surface area contributed by atoms with Crippen molar-refractivity contribution < 1.29 is 9.53 Å². The first-order valence-electron chi connectivity index (χ1n) is 5.09. The third-order valence-corrected chi connectivity index (χ3v) is 1.62. The van der Waals surface area contributed by atoms with Gasteiger partial charge >= 0.3 is 0 Å². The molecule has 0 saturated heterocycles. The summed E-state index contributed by atoms with van der Waals surface area (Å²) in [6, 6.07) is 0. The summed E-state index contributed by atoms with van der Waals surface area (Å²) < 4.78 is 5.15. The van der Waals surface area contributed by atoms with Gasteiger partial charge in [0, 0.05) is 18.7 Å². The van der Waals surface area contributed by atoms with Gasteiger partial charge < -0.3 is 15.8 Å². The highest BCUT2D eigenvalue weighted by molar-refractivity contribution is 5.77. The van der Waals surface area contributed by atoms with Crippen LogP contribution in [0.4, 0.5) is 0 Å². The van der Waals surface area contributed by atoms with E-state index in [0.29, 0.717) is 13.2 Å². The summed E-state index contributed by atoms with van der Waals surface area (Å²) in [5, 5.41) is 2.71. The summed E-state index contributed by atoms with van der Waals surface area (Å²) in [6.45, 7) is 7.08. The SMILES string of the molecule is CCCCOCC(=O)NCC(C)(C)N. The Hall–Kier alpha value is -0.610. The molecule has 4 heteroatoms. The molecule has 4 nitrogen and oxygen atoms in total. The summed E-state index contributed by atoms with van der Waals surface area (Å²) in [5.41, 5.74) is 5.34. The first-order valence-corrected chi connectivity index (χ1v) is 5.09. The van der Waals surface area contributed by atoms with Crippen molar-refractivity contribution in [1.29, 1.82) is 0 Å². The Balaban J connectivity index is 3.38. The molecule has 0 aromatic carbocycles. The fourth-order valence-corrected chi connectivity index (χ4v) is 0.789. The molecule has 0 aliphatic heterocycles. The number of nitrogens with one attached hydrogen (secondary N) is 1. The van der Waals surface area contributed by atoms with Crippen molar-refractivity contribution in [3.05, 3.63) is 0 Å². The van der Waals surface area contributed by atoms with Crippen LogP contribution in [0.25, 0.3) is 0 Å². The molecule has 0 aromatic heterocycles. The van der Waals surface area contributed by atoms with Gasteiger partial charge in [-0.25, -0.2) is 0 Å². The molecule has 0 bridgehead atoms. The molecule has 0 heterocycles. The van der Waals surface area contributed by atoms with Gasteiger partial charge in [0.2, 0.25) is 5.91 Å². The minimum Gasteiger partial charge on any atom is -0.372 e. The van der Waals surface area contributed by atoms with Crippen LogP contribution in [0, 0.1) is 0 Å². The molecule has 0 fully saturated rings. The molecule has 1 amide bonds. The second-order valence-electron chi connectivity index (χ2n) is 4.17. The molecule has 3 N–H and O–H groups in total. The lowest BCUT2D eigenvalue weighted by atomic mass is 10.1. The standard InChI is InChI=1S/C10H22N2O2/c1-4-5-6-14-7-9(13)12-8-10(2,3)11/h4-8,11H2,1-3H3,(H,12,13). The van der Waals surface area contributed by atoms with Crippen LogP contribution in [0.2, 0.25) is 0 Å². The van der Waals surface area contributed by atoms with Crippen LogP contribution in [0.15, 0.2) is 0 Å². The molecular weight excluding hydrogens is 180 g/mol. The number of carbonyl (C=O) groups excluding carboxylic acids is 1. The average Bonchev–Trinajstić information content (AvgIpc) is 2.08. The van der Waals surface area contributed by atoms with E-state index in [1.54, 1.807) is 0 Å². The normalized spacial score (nSPS) is 11.4. The highest BCUT2D eigenvalue weighted by atomic mass is 16.5. The fraction of sp³-hybridized carbons (Fsp3) is 0.900. The van der Waals surface area contributed by atoms with Crippen LogP contribution in [0.5, 0.6) is 0 Å². The molecule has 0 spiro atoms. The van der Waals surface area contributed by atoms with Crippen molar-refractivity contribution in [2.24, 2.45) is 5.73 Å². The second-order valence-corrected chi connectivity index (χ2v) is 4.17. The summed E-state index contributed by atoms with van der Waals surface area (Å²) >= 11 is 0. The van der Waals surface area contributed by atoms with Crippen molar-refractivity contribution in [3.8, 4) is 0 Å². The highest BCUT2D eigenvalue weighted by Crippen LogP contribution is 1.92. The molecule has 0 saturated carbocycles. The topological polar surface area (TPSA) is 64.3 Å². The Morgan fingerprint density at radius 3 is 2.64 bits per heavy atom. The van der Waals surface area contributed by atoms with E-state index in [4.69, 9.17) is 10.5 Å². The quantitative estimate of drug-likeness (QED) is 0.596. The van der Waals surface area contributed by atoms with E-state index in [0.717, 1.165) is 12.8 Å². The van der Waals surface area contributed by atoms with Gasteiger partial charge in [0.15, 0.2) is 0 Å². The molecular formula is C10H22N2O2. The summed E-state index contributed by atoms with van der Waals surface area (Å²) in [6.07, 6.45) is 2.08. The minimum atomic E-state index is -0.362. The molecule has 0 aliphatic rings. The third kappa shape index (κ3) is 9.48. The Morgan fingerprint density at radius 2 is 2.14 bits per heavy atom. The van der Waals surface area contributed by atoms with Crippen molar-refractivity contribution >= 4 is 5.91 Å². The van der Waals surface area contributed by atoms with Gasteiger partial charge in [-0.3, -0.25) is 4.79 Å². The first-order chi connectivity index (χ1) is 6.45. The highest BCUT2D eigenvalue weighted by Gasteiger charge is 2.11. The predicted octanol–water partition coefficient (Wildman–Crippen LogP) is 0.657. The van der Waals surface area contributed by atoms with Gasteiger partial charge in [-0.2, -0.15) is 0 Å². The lowest BCUT2D eigenvalue weighted by Gasteiger charge is -2.18. The lowest BCUT2D eigenvalue weighted by molar-refractivity contribution is -0.125. The Labute approximate surface area is 86.2 Å². The zero-order chi connectivity index (χ0) is 11.0. The van der Waals surface area contributed by atoms with Crippen LogP contribution in [0.3, 0.4) is 0 Å². The number of unbranched alkanes of at least 4 members (excludes halogenated alkanes) is 1. The molecule has 0 rings (SSSR count). The maximum atomic E-state index is 11.2. The first kappa shape index (κ1) is 13.4. The van der Waals surface area contributed by atoms with Crippen molar-refractivity contribution in [2.75, 3.05) is 19.8 Å². The van der Waals surface area contributed by atoms with Crippen LogP contribution < -0.4 is 11.1 Å². The van der Waals surface area contributed by atoms with E-state index in [9.17, 15) is 4.79 Å². The van der Waals surface area contributed by atoms with Crippen molar-refractivity contribution in [1.82, 2.24) is 5.32 Å². The maximum absolute atomic E-state index is 11.2. The summed E-state index contributed by atoms with van der Waals surface area (Å²) in [5.74, 6) is -0.0976. The van der Waals surface area contributed by atoms with Crippen LogP contribution in [0.1, 0.15) is 33.6 Å². The third-order valence-electron chi connectivity index (χ3n) is 1.62. The van der Waals surface area contributed by atoms with Crippen LogP contribution >= 0.6 is 0 Å². The van der Waals surface area contributed by atoms with E-state index in [2.05, 4.69) is 12.2 Å². The zero-order valence-corrected chi connectivity index (χ0v) is 9.43. The van der Waals surface area contributed by atoms with Gasteiger partial charge in [-0.1, -0.05) is 13.3 Å². The number of carbonyl (C=O) groups is 1. The number of nitrogens with two attached hydrogens (primary N) is 1. The van der Waals surface area contributed by atoms with Gasteiger partial charge in [0.05, 0.1) is 0 Å².